The highest BCUT2D eigenvalue weighted by atomic mass is 19.4. The zero-order valence-corrected chi connectivity index (χ0v) is 14.7. The monoisotopic (exact) mass is 394 g/mol. The molecule has 10 heteroatoms. The largest absolute Gasteiger partial charge is 0.481 e. The van der Waals surface area contributed by atoms with Crippen molar-refractivity contribution in [1.29, 1.82) is 0 Å². The third-order valence-corrected chi connectivity index (χ3v) is 5.73. The van der Waals surface area contributed by atoms with Gasteiger partial charge in [0.25, 0.3) is 5.91 Å². The van der Waals surface area contributed by atoms with Gasteiger partial charge >= 0.3 is 12.1 Å². The van der Waals surface area contributed by atoms with Crippen molar-refractivity contribution in [1.82, 2.24) is 19.9 Å². The van der Waals surface area contributed by atoms with Crippen LogP contribution >= 0.6 is 0 Å². The minimum Gasteiger partial charge on any atom is -0.481 e. The summed E-state index contributed by atoms with van der Waals surface area (Å²) in [4.78, 5) is 26.0. The van der Waals surface area contributed by atoms with E-state index in [2.05, 4.69) is 10.3 Å². The van der Waals surface area contributed by atoms with Gasteiger partial charge in [-0.1, -0.05) is 17.7 Å². The lowest BCUT2D eigenvalue weighted by atomic mass is 9.81. The van der Waals surface area contributed by atoms with Crippen LogP contribution in [0.4, 0.5) is 13.2 Å². The Hall–Kier alpha value is -2.91. The van der Waals surface area contributed by atoms with Crippen LogP contribution in [0, 0.1) is 11.3 Å². The summed E-state index contributed by atoms with van der Waals surface area (Å²) in [5.74, 6) is -1.45. The Labute approximate surface area is 157 Å². The summed E-state index contributed by atoms with van der Waals surface area (Å²) in [6.45, 7) is 0.448. The lowest BCUT2D eigenvalue weighted by Gasteiger charge is -2.22. The fraction of sp³-hybridized carbons (Fsp3) is 0.444. The quantitative estimate of drug-likeness (QED) is 0.865. The van der Waals surface area contributed by atoms with Gasteiger partial charge in [0.2, 0.25) is 0 Å². The first-order valence-electron chi connectivity index (χ1n) is 8.83. The van der Waals surface area contributed by atoms with Crippen molar-refractivity contribution in [2.45, 2.75) is 25.4 Å². The van der Waals surface area contributed by atoms with E-state index in [0.717, 1.165) is 29.7 Å². The summed E-state index contributed by atoms with van der Waals surface area (Å²) in [5.41, 5.74) is -1.64. The van der Waals surface area contributed by atoms with Gasteiger partial charge in [-0.3, -0.25) is 9.59 Å². The maximum atomic E-state index is 12.9. The number of hydrogen-bond acceptors (Lipinski definition) is 4. The zero-order chi connectivity index (χ0) is 20.1. The summed E-state index contributed by atoms with van der Waals surface area (Å²) in [7, 11) is 0. The predicted octanol–water partition coefficient (Wildman–Crippen LogP) is 2.61. The molecule has 28 heavy (non-hydrogen) atoms. The molecule has 2 heterocycles. The lowest BCUT2D eigenvalue weighted by molar-refractivity contribution is -0.149. The summed E-state index contributed by atoms with van der Waals surface area (Å²) in [5, 5.41) is 17.2. The Morgan fingerprint density at radius 2 is 2.07 bits per heavy atom. The summed E-state index contributed by atoms with van der Waals surface area (Å²) in [6.07, 6.45) is -1.11. The van der Waals surface area contributed by atoms with Gasteiger partial charge in [-0.25, -0.2) is 4.68 Å². The van der Waals surface area contributed by atoms with E-state index in [4.69, 9.17) is 0 Å². The number of halogens is 3. The van der Waals surface area contributed by atoms with Crippen LogP contribution < -0.4 is 0 Å². The van der Waals surface area contributed by atoms with Crippen LogP contribution in [0.15, 0.2) is 30.5 Å². The van der Waals surface area contributed by atoms with E-state index in [1.807, 2.05) is 0 Å². The molecule has 4 rings (SSSR count). The zero-order valence-electron chi connectivity index (χ0n) is 14.7. The van der Waals surface area contributed by atoms with Crippen LogP contribution in [0.2, 0.25) is 0 Å². The van der Waals surface area contributed by atoms with Crippen LogP contribution in [0.25, 0.3) is 5.69 Å². The van der Waals surface area contributed by atoms with Gasteiger partial charge in [-0.2, -0.15) is 13.2 Å². The molecule has 2 aliphatic rings. The molecule has 148 valence electrons. The van der Waals surface area contributed by atoms with Crippen LogP contribution in [0.3, 0.4) is 0 Å². The van der Waals surface area contributed by atoms with Crippen LogP contribution in [0.5, 0.6) is 0 Å². The second-order valence-corrected chi connectivity index (χ2v) is 7.33. The van der Waals surface area contributed by atoms with Crippen LogP contribution in [0.1, 0.15) is 35.3 Å². The molecule has 1 N–H and O–H groups in total. The van der Waals surface area contributed by atoms with E-state index in [-0.39, 0.29) is 23.8 Å². The molecule has 0 spiro atoms. The average Bonchev–Trinajstić information content (AvgIpc) is 3.34. The number of fused-ring (bicyclic) bond motifs is 1. The summed E-state index contributed by atoms with van der Waals surface area (Å²) >= 11 is 0. The molecule has 0 unspecified atom stereocenters. The highest BCUT2D eigenvalue weighted by Crippen LogP contribution is 2.49. The van der Waals surface area contributed by atoms with Gasteiger partial charge in [-0.05, 0) is 37.0 Å². The number of carboxylic acid groups (broad SMARTS) is 1. The second-order valence-electron chi connectivity index (χ2n) is 7.33. The van der Waals surface area contributed by atoms with Crippen molar-refractivity contribution >= 4 is 11.9 Å². The number of amides is 1. The fourth-order valence-corrected chi connectivity index (χ4v) is 4.27. The van der Waals surface area contributed by atoms with Crippen molar-refractivity contribution < 1.29 is 27.9 Å². The number of carbonyl (C=O) groups excluding carboxylic acids is 1. The number of aliphatic carboxylic acids is 1. The SMILES string of the molecule is O=C(c1cn(-c2cccc(C(F)(F)F)c2)nn1)N1C[C@@H]2CCC[C@@]2(C(=O)O)C1. The molecule has 1 amide bonds. The highest BCUT2D eigenvalue weighted by molar-refractivity contribution is 5.93. The Kier molecular flexibility index (Phi) is 4.16. The van der Waals surface area contributed by atoms with E-state index in [1.165, 1.54) is 23.2 Å². The van der Waals surface area contributed by atoms with Gasteiger partial charge in [0.05, 0.1) is 22.9 Å². The standard InChI is InChI=1S/C18H17F3N4O3/c19-18(20,21)11-3-1-5-13(7-11)25-9-14(22-23-25)15(26)24-8-12-4-2-6-17(12,10-24)16(27)28/h1,3,5,7,9,12H,2,4,6,8,10H2,(H,27,28)/t12-,17+/m0/s1. The highest BCUT2D eigenvalue weighted by Gasteiger charge is 2.56. The molecule has 0 bridgehead atoms. The van der Waals surface area contributed by atoms with E-state index in [9.17, 15) is 27.9 Å². The Morgan fingerprint density at radius 1 is 1.29 bits per heavy atom. The van der Waals surface area contributed by atoms with E-state index in [1.54, 1.807) is 0 Å². The molecule has 1 aliphatic carbocycles. The van der Waals surface area contributed by atoms with Crippen molar-refractivity contribution in [3.8, 4) is 5.69 Å². The molecule has 1 saturated carbocycles. The van der Waals surface area contributed by atoms with Crippen molar-refractivity contribution in [2.24, 2.45) is 11.3 Å². The fourth-order valence-electron chi connectivity index (χ4n) is 4.27. The smallest absolute Gasteiger partial charge is 0.416 e. The molecule has 7 nitrogen and oxygen atoms in total. The number of aromatic nitrogens is 3. The molecule has 2 aromatic rings. The maximum Gasteiger partial charge on any atom is 0.416 e. The number of benzene rings is 1. The lowest BCUT2D eigenvalue weighted by Crippen LogP contribution is -2.37. The number of likely N-dealkylation sites (tertiary alicyclic amines) is 1. The second kappa shape index (κ2) is 6.32. The minimum absolute atomic E-state index is 0.0297. The Morgan fingerprint density at radius 3 is 2.75 bits per heavy atom. The molecule has 1 aliphatic heterocycles. The van der Waals surface area contributed by atoms with Crippen molar-refractivity contribution in [2.75, 3.05) is 13.1 Å². The molecule has 2 fully saturated rings. The van der Waals surface area contributed by atoms with Gasteiger partial charge < -0.3 is 10.0 Å². The first-order chi connectivity index (χ1) is 13.2. The molecular formula is C18H17F3N4O3. The van der Waals surface area contributed by atoms with Crippen molar-refractivity contribution in [3.63, 3.8) is 0 Å². The molecule has 0 radical (unpaired) electrons. The van der Waals surface area contributed by atoms with Crippen LogP contribution in [-0.4, -0.2) is 50.0 Å². The third kappa shape index (κ3) is 2.92. The normalized spacial score (nSPS) is 24.4. The molecule has 1 aromatic carbocycles. The molecule has 2 atom stereocenters. The average molecular weight is 394 g/mol. The number of hydrogen-bond donors (Lipinski definition) is 1. The first kappa shape index (κ1) is 18.5. The van der Waals surface area contributed by atoms with Gasteiger partial charge in [0.15, 0.2) is 5.69 Å². The number of rotatable bonds is 3. The number of nitrogens with zero attached hydrogens (tertiary/aromatic N) is 4. The molecule has 1 aromatic heterocycles. The number of carboxylic acids is 1. The Bertz CT molecular complexity index is 942. The van der Waals surface area contributed by atoms with E-state index >= 15 is 0 Å². The maximum absolute atomic E-state index is 12.9. The summed E-state index contributed by atoms with van der Waals surface area (Å²) < 4.78 is 39.7. The van der Waals surface area contributed by atoms with E-state index in [0.29, 0.717) is 13.0 Å². The van der Waals surface area contributed by atoms with Gasteiger partial charge in [0, 0.05) is 13.1 Å². The predicted molar refractivity (Wildman–Crippen MR) is 89.7 cm³/mol. The number of carbonyl (C=O) groups is 2. The Balaban J connectivity index is 1.56. The van der Waals surface area contributed by atoms with Crippen molar-refractivity contribution in [3.05, 3.63) is 41.7 Å². The van der Waals surface area contributed by atoms with Gasteiger partial charge in [0.1, 0.15) is 0 Å². The van der Waals surface area contributed by atoms with E-state index < -0.39 is 29.0 Å². The number of alkyl halides is 3. The topological polar surface area (TPSA) is 88.3 Å². The van der Waals surface area contributed by atoms with Gasteiger partial charge in [-0.15, -0.1) is 5.10 Å². The molecule has 1 saturated heterocycles. The van der Waals surface area contributed by atoms with Crippen LogP contribution in [-0.2, 0) is 11.0 Å². The first-order valence-corrected chi connectivity index (χ1v) is 8.83. The summed E-state index contributed by atoms with van der Waals surface area (Å²) in [6, 6.07) is 4.54. The third-order valence-electron chi connectivity index (χ3n) is 5.73. The molecular weight excluding hydrogens is 377 g/mol. The minimum atomic E-state index is -4.49.